The number of carbonyl (C=O) groups is 1. The monoisotopic (exact) mass is 248 g/mol. The molecule has 0 aliphatic rings. The lowest BCUT2D eigenvalue weighted by Crippen LogP contribution is -2.27. The van der Waals surface area contributed by atoms with Crippen LogP contribution in [0.2, 0.25) is 0 Å². The maximum absolute atomic E-state index is 11.9. The Bertz CT molecular complexity index is 515. The molecule has 2 heterocycles. The van der Waals surface area contributed by atoms with Crippen molar-refractivity contribution in [1.29, 1.82) is 0 Å². The van der Waals surface area contributed by atoms with E-state index in [4.69, 9.17) is 0 Å². The molecule has 0 radical (unpaired) electrons. The van der Waals surface area contributed by atoms with E-state index in [9.17, 15) is 4.79 Å². The summed E-state index contributed by atoms with van der Waals surface area (Å²) < 4.78 is 0. The molecule has 2 aromatic heterocycles. The second-order valence-corrected chi connectivity index (χ2v) is 4.43. The van der Waals surface area contributed by atoms with Gasteiger partial charge >= 0.3 is 0 Å². The molecule has 0 aliphatic heterocycles. The van der Waals surface area contributed by atoms with Gasteiger partial charge in [0, 0.05) is 17.7 Å². The number of H-pyrrole nitrogens is 2. The van der Waals surface area contributed by atoms with E-state index >= 15 is 0 Å². The molecule has 1 amide bonds. The number of aromatic nitrogens is 5. The smallest absolute Gasteiger partial charge is 0.291 e. The summed E-state index contributed by atoms with van der Waals surface area (Å²) in [5.74, 6) is 0.780. The van der Waals surface area contributed by atoms with Crippen LogP contribution in [-0.4, -0.2) is 31.3 Å². The first-order chi connectivity index (χ1) is 8.58. The van der Waals surface area contributed by atoms with E-state index in [1.807, 2.05) is 20.8 Å². The molecule has 0 spiro atoms. The van der Waals surface area contributed by atoms with Crippen LogP contribution >= 0.6 is 0 Å². The summed E-state index contributed by atoms with van der Waals surface area (Å²) >= 11 is 0. The van der Waals surface area contributed by atoms with Crippen molar-refractivity contribution in [3.63, 3.8) is 0 Å². The summed E-state index contributed by atoms with van der Waals surface area (Å²) in [5, 5.41) is 16.0. The topological polar surface area (TPSA) is 99.3 Å². The van der Waals surface area contributed by atoms with E-state index < -0.39 is 0 Å². The molecule has 0 saturated carbocycles. The van der Waals surface area contributed by atoms with Crippen molar-refractivity contribution >= 4 is 5.91 Å². The zero-order valence-electron chi connectivity index (χ0n) is 10.6. The zero-order chi connectivity index (χ0) is 13.1. The molecule has 18 heavy (non-hydrogen) atoms. The minimum atomic E-state index is -0.299. The summed E-state index contributed by atoms with van der Waals surface area (Å²) in [7, 11) is 0. The van der Waals surface area contributed by atoms with Gasteiger partial charge in [0.25, 0.3) is 5.91 Å². The zero-order valence-corrected chi connectivity index (χ0v) is 10.6. The van der Waals surface area contributed by atoms with Crippen LogP contribution in [0.5, 0.6) is 0 Å². The van der Waals surface area contributed by atoms with Crippen molar-refractivity contribution in [3.8, 4) is 0 Å². The minimum Gasteiger partial charge on any atom is -0.343 e. The van der Waals surface area contributed by atoms with Crippen LogP contribution in [-0.2, 0) is 0 Å². The third-order valence-electron chi connectivity index (χ3n) is 2.62. The van der Waals surface area contributed by atoms with E-state index in [-0.39, 0.29) is 23.7 Å². The van der Waals surface area contributed by atoms with Crippen LogP contribution in [0.4, 0.5) is 0 Å². The fourth-order valence-corrected chi connectivity index (χ4v) is 1.48. The highest BCUT2D eigenvalue weighted by Crippen LogP contribution is 2.11. The fourth-order valence-electron chi connectivity index (χ4n) is 1.48. The number of aromatic amines is 2. The van der Waals surface area contributed by atoms with Crippen molar-refractivity contribution in [2.24, 2.45) is 0 Å². The number of carbonyl (C=O) groups excluding carboxylic acids is 1. The summed E-state index contributed by atoms with van der Waals surface area (Å²) in [5.41, 5.74) is 0.906. The molecule has 2 aromatic rings. The largest absolute Gasteiger partial charge is 0.343 e. The molecule has 3 N–H and O–H groups in total. The van der Waals surface area contributed by atoms with Crippen LogP contribution < -0.4 is 5.32 Å². The summed E-state index contributed by atoms with van der Waals surface area (Å²) in [4.78, 5) is 16.0. The maximum atomic E-state index is 11.9. The van der Waals surface area contributed by atoms with Crippen LogP contribution in [0.25, 0.3) is 0 Å². The second kappa shape index (κ2) is 4.99. The lowest BCUT2D eigenvalue weighted by molar-refractivity contribution is 0.0929. The standard InChI is InChI=1S/C11H16N6O/c1-6(2)9-15-10(17-16-9)11(18)14-7(3)8-4-12-13-5-8/h4-7H,1-3H3,(H,12,13)(H,14,18)(H,15,16,17). The van der Waals surface area contributed by atoms with Crippen LogP contribution in [0.1, 0.15) is 54.7 Å². The van der Waals surface area contributed by atoms with E-state index in [1.165, 1.54) is 0 Å². The van der Waals surface area contributed by atoms with Gasteiger partial charge in [-0.2, -0.15) is 5.10 Å². The van der Waals surface area contributed by atoms with Gasteiger partial charge in [-0.05, 0) is 6.92 Å². The Balaban J connectivity index is 2.03. The van der Waals surface area contributed by atoms with Gasteiger partial charge in [-0.3, -0.25) is 15.0 Å². The predicted octanol–water partition coefficient (Wildman–Crippen LogP) is 1.14. The average molecular weight is 248 g/mol. The number of rotatable bonds is 4. The van der Waals surface area contributed by atoms with Crippen molar-refractivity contribution in [1.82, 2.24) is 30.7 Å². The van der Waals surface area contributed by atoms with Gasteiger partial charge in [0.15, 0.2) is 0 Å². The van der Waals surface area contributed by atoms with E-state index in [1.54, 1.807) is 12.4 Å². The maximum Gasteiger partial charge on any atom is 0.291 e. The van der Waals surface area contributed by atoms with E-state index in [2.05, 4.69) is 30.7 Å². The van der Waals surface area contributed by atoms with E-state index in [0.717, 1.165) is 5.56 Å². The first-order valence-corrected chi connectivity index (χ1v) is 5.79. The van der Waals surface area contributed by atoms with Gasteiger partial charge in [-0.1, -0.05) is 13.8 Å². The molecule has 7 nitrogen and oxygen atoms in total. The summed E-state index contributed by atoms with van der Waals surface area (Å²) in [6.45, 7) is 5.84. The minimum absolute atomic E-state index is 0.141. The first-order valence-electron chi connectivity index (χ1n) is 5.79. The predicted molar refractivity (Wildman–Crippen MR) is 64.9 cm³/mol. The van der Waals surface area contributed by atoms with E-state index in [0.29, 0.717) is 5.82 Å². The van der Waals surface area contributed by atoms with Crippen LogP contribution in [0.3, 0.4) is 0 Å². The molecule has 0 bridgehead atoms. The normalized spacial score (nSPS) is 12.7. The third-order valence-corrected chi connectivity index (χ3v) is 2.62. The Morgan fingerprint density at radius 3 is 2.72 bits per heavy atom. The molecule has 0 saturated heterocycles. The van der Waals surface area contributed by atoms with Crippen LogP contribution in [0.15, 0.2) is 12.4 Å². The number of hydrogen-bond acceptors (Lipinski definition) is 4. The molecule has 96 valence electrons. The molecule has 0 fully saturated rings. The number of nitrogens with zero attached hydrogens (tertiary/aromatic N) is 3. The molecule has 1 unspecified atom stereocenters. The summed E-state index contributed by atoms with van der Waals surface area (Å²) in [6.07, 6.45) is 3.41. The van der Waals surface area contributed by atoms with Gasteiger partial charge in [0.05, 0.1) is 12.2 Å². The number of nitrogens with one attached hydrogen (secondary N) is 3. The lowest BCUT2D eigenvalue weighted by Gasteiger charge is -2.09. The lowest BCUT2D eigenvalue weighted by atomic mass is 10.2. The summed E-state index contributed by atoms with van der Waals surface area (Å²) in [6, 6.07) is -0.141. The molecular weight excluding hydrogens is 232 g/mol. The van der Waals surface area contributed by atoms with Gasteiger partial charge in [-0.25, -0.2) is 4.98 Å². The highest BCUT2D eigenvalue weighted by atomic mass is 16.2. The number of amides is 1. The fraction of sp³-hybridized carbons (Fsp3) is 0.455. The Kier molecular flexibility index (Phi) is 3.40. The highest BCUT2D eigenvalue weighted by Gasteiger charge is 2.17. The molecular formula is C11H16N6O. The van der Waals surface area contributed by atoms with Crippen molar-refractivity contribution in [2.45, 2.75) is 32.7 Å². The van der Waals surface area contributed by atoms with Crippen molar-refractivity contribution in [3.05, 3.63) is 29.6 Å². The van der Waals surface area contributed by atoms with Gasteiger partial charge in [-0.15, -0.1) is 5.10 Å². The van der Waals surface area contributed by atoms with Gasteiger partial charge < -0.3 is 5.32 Å². The third kappa shape index (κ3) is 2.55. The number of hydrogen-bond donors (Lipinski definition) is 3. The molecule has 0 aliphatic carbocycles. The Hall–Kier alpha value is -2.18. The molecule has 2 rings (SSSR count). The van der Waals surface area contributed by atoms with Crippen molar-refractivity contribution < 1.29 is 4.79 Å². The molecule has 7 heteroatoms. The average Bonchev–Trinajstić information content (AvgIpc) is 3.00. The van der Waals surface area contributed by atoms with Gasteiger partial charge in [0.1, 0.15) is 5.82 Å². The second-order valence-electron chi connectivity index (χ2n) is 4.43. The Labute approximate surface area is 104 Å². The van der Waals surface area contributed by atoms with Crippen molar-refractivity contribution in [2.75, 3.05) is 0 Å². The Morgan fingerprint density at radius 1 is 1.39 bits per heavy atom. The highest BCUT2D eigenvalue weighted by molar-refractivity contribution is 5.90. The molecule has 0 aromatic carbocycles. The first kappa shape index (κ1) is 12.3. The quantitative estimate of drug-likeness (QED) is 0.755. The van der Waals surface area contributed by atoms with Gasteiger partial charge in [0.2, 0.25) is 5.82 Å². The molecule has 1 atom stereocenters. The van der Waals surface area contributed by atoms with Crippen LogP contribution in [0, 0.1) is 0 Å². The Morgan fingerprint density at radius 2 is 2.17 bits per heavy atom. The SMILES string of the molecule is CC(C)c1nc(C(=O)NC(C)c2cn[nH]c2)n[nH]1.